The Balaban J connectivity index is 3.12. The lowest BCUT2D eigenvalue weighted by Gasteiger charge is -2.19. The van der Waals surface area contributed by atoms with Crippen molar-refractivity contribution in [2.45, 2.75) is 40.0 Å². The van der Waals surface area contributed by atoms with Crippen molar-refractivity contribution < 1.29 is 9.90 Å². The third-order valence-corrected chi connectivity index (χ3v) is 3.07. The van der Waals surface area contributed by atoms with Gasteiger partial charge in [-0.15, -0.1) is 0 Å². The van der Waals surface area contributed by atoms with E-state index in [0.29, 0.717) is 5.57 Å². The number of hydrogen-bond donors (Lipinski definition) is 1. The topological polar surface area (TPSA) is 37.3 Å². The van der Waals surface area contributed by atoms with E-state index in [2.05, 4.69) is 32.9 Å². The maximum Gasteiger partial charge on any atom is 0.331 e. The van der Waals surface area contributed by atoms with E-state index in [0.717, 1.165) is 11.1 Å². The number of hydrogen-bond acceptors (Lipinski definition) is 1. The van der Waals surface area contributed by atoms with E-state index in [1.165, 1.54) is 5.56 Å². The molecular weight excluding hydrogens is 212 g/mol. The van der Waals surface area contributed by atoms with Crippen molar-refractivity contribution in [2.75, 3.05) is 0 Å². The molecule has 1 N–H and O–H groups in total. The van der Waals surface area contributed by atoms with Gasteiger partial charge in [0.1, 0.15) is 0 Å². The summed E-state index contributed by atoms with van der Waals surface area (Å²) in [6.45, 7) is 9.96. The Kier molecular flexibility index (Phi) is 3.76. The molecule has 0 heterocycles. The Morgan fingerprint density at radius 2 is 1.53 bits per heavy atom. The molecule has 0 bridgehead atoms. The second-order valence-electron chi connectivity index (χ2n) is 5.38. The fraction of sp³-hybridized carbons (Fsp3) is 0.400. The molecule has 0 spiro atoms. The fourth-order valence-corrected chi connectivity index (χ4v) is 1.60. The smallest absolute Gasteiger partial charge is 0.331 e. The molecule has 0 aliphatic heterocycles. The molecule has 0 aliphatic rings. The van der Waals surface area contributed by atoms with Gasteiger partial charge in [-0.3, -0.25) is 0 Å². The average molecular weight is 232 g/mol. The molecule has 0 aliphatic carbocycles. The van der Waals surface area contributed by atoms with Gasteiger partial charge >= 0.3 is 5.97 Å². The predicted octanol–water partition coefficient (Wildman–Crippen LogP) is 3.86. The van der Waals surface area contributed by atoms with Crippen molar-refractivity contribution in [1.82, 2.24) is 0 Å². The zero-order valence-corrected chi connectivity index (χ0v) is 11.2. The van der Waals surface area contributed by atoms with Crippen LogP contribution in [0.4, 0.5) is 0 Å². The van der Waals surface area contributed by atoms with Crippen LogP contribution < -0.4 is 0 Å². The standard InChI is InChI=1S/C15H20O2/c1-10(11(2)14(16)17)12-6-8-13(9-7-12)15(3,4)5/h6-9H,1-5H3,(H,16,17). The third-order valence-electron chi connectivity index (χ3n) is 3.07. The van der Waals surface area contributed by atoms with Gasteiger partial charge in [0.25, 0.3) is 0 Å². The van der Waals surface area contributed by atoms with Crippen LogP contribution in [-0.2, 0) is 10.2 Å². The van der Waals surface area contributed by atoms with Crippen LogP contribution in [0.1, 0.15) is 45.7 Å². The van der Waals surface area contributed by atoms with Crippen molar-refractivity contribution in [3.63, 3.8) is 0 Å². The molecule has 0 radical (unpaired) electrons. The van der Waals surface area contributed by atoms with Crippen LogP contribution in [0.3, 0.4) is 0 Å². The van der Waals surface area contributed by atoms with E-state index in [1.54, 1.807) is 6.92 Å². The largest absolute Gasteiger partial charge is 0.478 e. The summed E-state index contributed by atoms with van der Waals surface area (Å²) in [5.41, 5.74) is 3.56. The molecular formula is C15H20O2. The number of allylic oxidation sites excluding steroid dienone is 1. The van der Waals surface area contributed by atoms with E-state index >= 15 is 0 Å². The van der Waals surface area contributed by atoms with Gasteiger partial charge < -0.3 is 5.11 Å². The van der Waals surface area contributed by atoms with E-state index < -0.39 is 5.97 Å². The third kappa shape index (κ3) is 3.19. The van der Waals surface area contributed by atoms with Gasteiger partial charge in [-0.25, -0.2) is 4.79 Å². The summed E-state index contributed by atoms with van der Waals surface area (Å²) in [6, 6.07) is 8.10. The minimum Gasteiger partial charge on any atom is -0.478 e. The first-order chi connectivity index (χ1) is 7.73. The normalized spacial score (nSPS) is 13.2. The Hall–Kier alpha value is -1.57. The van der Waals surface area contributed by atoms with Gasteiger partial charge in [-0.1, -0.05) is 45.0 Å². The Morgan fingerprint density at radius 3 is 1.88 bits per heavy atom. The van der Waals surface area contributed by atoms with Gasteiger partial charge in [0.15, 0.2) is 0 Å². The summed E-state index contributed by atoms with van der Waals surface area (Å²) in [7, 11) is 0. The highest BCUT2D eigenvalue weighted by molar-refractivity contribution is 5.95. The fourth-order valence-electron chi connectivity index (χ4n) is 1.60. The molecule has 0 amide bonds. The number of carboxylic acids is 1. The van der Waals surface area contributed by atoms with Crippen molar-refractivity contribution in [1.29, 1.82) is 0 Å². The van der Waals surface area contributed by atoms with Crippen LogP contribution in [0.2, 0.25) is 0 Å². The molecule has 0 fully saturated rings. The molecule has 2 nitrogen and oxygen atoms in total. The van der Waals surface area contributed by atoms with E-state index in [1.807, 2.05) is 19.1 Å². The molecule has 1 rings (SSSR count). The first-order valence-electron chi connectivity index (χ1n) is 5.75. The highest BCUT2D eigenvalue weighted by Crippen LogP contribution is 2.25. The van der Waals surface area contributed by atoms with Gasteiger partial charge in [-0.2, -0.15) is 0 Å². The van der Waals surface area contributed by atoms with E-state index in [4.69, 9.17) is 5.11 Å². The van der Waals surface area contributed by atoms with Gasteiger partial charge in [0.2, 0.25) is 0 Å². The first kappa shape index (κ1) is 13.5. The van der Waals surface area contributed by atoms with Crippen molar-refractivity contribution in [2.24, 2.45) is 0 Å². The molecule has 0 saturated heterocycles. The van der Waals surface area contributed by atoms with Gasteiger partial charge in [-0.05, 0) is 36.0 Å². The lowest BCUT2D eigenvalue weighted by Crippen LogP contribution is -2.10. The number of rotatable bonds is 2. The Bertz CT molecular complexity index is 445. The summed E-state index contributed by atoms with van der Waals surface area (Å²) in [5.74, 6) is -0.859. The molecule has 0 saturated carbocycles. The average Bonchev–Trinajstić information content (AvgIpc) is 2.26. The quantitative estimate of drug-likeness (QED) is 0.786. The molecule has 1 aromatic carbocycles. The maximum atomic E-state index is 10.9. The van der Waals surface area contributed by atoms with Crippen LogP contribution in [0.5, 0.6) is 0 Å². The van der Waals surface area contributed by atoms with Crippen LogP contribution in [0.15, 0.2) is 29.8 Å². The van der Waals surface area contributed by atoms with Gasteiger partial charge in [0.05, 0.1) is 0 Å². The number of aliphatic carboxylic acids is 1. The maximum absolute atomic E-state index is 10.9. The highest BCUT2D eigenvalue weighted by atomic mass is 16.4. The Labute approximate surface area is 103 Å². The number of carboxylic acid groups (broad SMARTS) is 1. The molecule has 17 heavy (non-hydrogen) atoms. The number of carbonyl (C=O) groups is 1. The zero-order chi connectivity index (χ0) is 13.2. The van der Waals surface area contributed by atoms with Crippen molar-refractivity contribution in [3.8, 4) is 0 Å². The minimum absolute atomic E-state index is 0.123. The second-order valence-corrected chi connectivity index (χ2v) is 5.38. The van der Waals surface area contributed by atoms with Crippen LogP contribution >= 0.6 is 0 Å². The lowest BCUT2D eigenvalue weighted by molar-refractivity contribution is -0.132. The minimum atomic E-state index is -0.859. The molecule has 0 atom stereocenters. The van der Waals surface area contributed by atoms with Gasteiger partial charge in [0, 0.05) is 5.57 Å². The van der Waals surface area contributed by atoms with Crippen molar-refractivity contribution >= 4 is 11.5 Å². The Morgan fingerprint density at radius 1 is 1.06 bits per heavy atom. The summed E-state index contributed by atoms with van der Waals surface area (Å²) in [5, 5.41) is 8.94. The zero-order valence-electron chi connectivity index (χ0n) is 11.2. The summed E-state index contributed by atoms with van der Waals surface area (Å²) >= 11 is 0. The molecule has 0 aromatic heterocycles. The second kappa shape index (κ2) is 4.74. The molecule has 2 heteroatoms. The molecule has 92 valence electrons. The summed E-state index contributed by atoms with van der Waals surface area (Å²) in [4.78, 5) is 10.9. The number of benzene rings is 1. The SMILES string of the molecule is CC(C(=O)O)=C(C)c1ccc(C(C)(C)C)cc1. The lowest BCUT2D eigenvalue weighted by atomic mass is 9.86. The van der Waals surface area contributed by atoms with E-state index in [9.17, 15) is 4.79 Å². The highest BCUT2D eigenvalue weighted by Gasteiger charge is 2.13. The summed E-state index contributed by atoms with van der Waals surface area (Å²) < 4.78 is 0. The summed E-state index contributed by atoms with van der Waals surface area (Å²) in [6.07, 6.45) is 0. The van der Waals surface area contributed by atoms with E-state index in [-0.39, 0.29) is 5.41 Å². The molecule has 1 aromatic rings. The monoisotopic (exact) mass is 232 g/mol. The predicted molar refractivity (Wildman–Crippen MR) is 71.0 cm³/mol. The van der Waals surface area contributed by atoms with Crippen molar-refractivity contribution in [3.05, 3.63) is 41.0 Å². The first-order valence-corrected chi connectivity index (χ1v) is 5.75. The van der Waals surface area contributed by atoms with Crippen LogP contribution in [0.25, 0.3) is 5.57 Å². The molecule has 0 unspecified atom stereocenters. The van der Waals surface area contributed by atoms with Crippen LogP contribution in [0, 0.1) is 0 Å². The van der Waals surface area contributed by atoms with Crippen LogP contribution in [-0.4, -0.2) is 11.1 Å².